The maximum atomic E-state index is 11.3. The molecular formula is C15H22O3. The van der Waals surface area contributed by atoms with Crippen LogP contribution in [0, 0.1) is 23.2 Å². The lowest BCUT2D eigenvalue weighted by molar-refractivity contribution is -0.133. The van der Waals surface area contributed by atoms with Gasteiger partial charge in [0.1, 0.15) is 0 Å². The molecule has 0 radical (unpaired) electrons. The maximum absolute atomic E-state index is 11.3. The fourth-order valence-corrected chi connectivity index (χ4v) is 5.04. The molecule has 3 nitrogen and oxygen atoms in total. The van der Waals surface area contributed by atoms with Crippen LogP contribution in [0.5, 0.6) is 0 Å². The standard InChI is InChI=1S/C15H22O3/c1-18-9-13(14(16)17)8-15-5-10-2-11(6-15)4-12(3-10)7-15/h8,10-12H,2-7,9H2,1H3,(H,16,17)/b13-8+. The summed E-state index contributed by atoms with van der Waals surface area (Å²) in [6.07, 6.45) is 9.85. The Morgan fingerprint density at radius 2 is 1.72 bits per heavy atom. The van der Waals surface area contributed by atoms with Crippen molar-refractivity contribution in [2.45, 2.75) is 38.5 Å². The molecule has 0 heterocycles. The van der Waals surface area contributed by atoms with Crippen LogP contribution < -0.4 is 0 Å². The molecule has 4 aliphatic carbocycles. The number of rotatable bonds is 4. The summed E-state index contributed by atoms with van der Waals surface area (Å²) in [5.74, 6) is 1.74. The third kappa shape index (κ3) is 2.09. The molecule has 0 amide bonds. The molecule has 4 rings (SSSR count). The zero-order valence-electron chi connectivity index (χ0n) is 11.0. The third-order valence-electron chi connectivity index (χ3n) is 5.14. The Hall–Kier alpha value is -0.830. The van der Waals surface area contributed by atoms with Crippen molar-refractivity contribution in [1.29, 1.82) is 0 Å². The molecule has 0 saturated heterocycles. The van der Waals surface area contributed by atoms with Gasteiger partial charge in [0.05, 0.1) is 12.2 Å². The fourth-order valence-electron chi connectivity index (χ4n) is 5.04. The molecule has 4 bridgehead atoms. The van der Waals surface area contributed by atoms with Gasteiger partial charge in [0, 0.05) is 7.11 Å². The monoisotopic (exact) mass is 250 g/mol. The second-order valence-electron chi connectivity index (χ2n) is 6.69. The van der Waals surface area contributed by atoms with Crippen LogP contribution in [0.1, 0.15) is 38.5 Å². The van der Waals surface area contributed by atoms with Gasteiger partial charge in [0.25, 0.3) is 0 Å². The molecule has 0 aromatic rings. The Bertz CT molecular complexity index is 348. The van der Waals surface area contributed by atoms with E-state index in [1.54, 1.807) is 7.11 Å². The predicted octanol–water partition coefficient (Wildman–Crippen LogP) is 2.86. The van der Waals surface area contributed by atoms with Crippen LogP contribution in [-0.4, -0.2) is 24.8 Å². The highest BCUT2D eigenvalue weighted by molar-refractivity contribution is 5.87. The molecule has 4 aliphatic rings. The number of allylic oxidation sites excluding steroid dienone is 1. The number of carboxylic acids is 1. The molecule has 0 aliphatic heterocycles. The van der Waals surface area contributed by atoms with E-state index in [2.05, 4.69) is 6.08 Å². The predicted molar refractivity (Wildman–Crippen MR) is 68.2 cm³/mol. The first kappa shape index (κ1) is 12.2. The minimum Gasteiger partial charge on any atom is -0.478 e. The van der Waals surface area contributed by atoms with Gasteiger partial charge in [0.15, 0.2) is 0 Å². The van der Waals surface area contributed by atoms with Crippen molar-refractivity contribution < 1.29 is 14.6 Å². The van der Waals surface area contributed by atoms with E-state index < -0.39 is 5.97 Å². The highest BCUT2D eigenvalue weighted by atomic mass is 16.5. The van der Waals surface area contributed by atoms with Gasteiger partial charge in [-0.2, -0.15) is 0 Å². The van der Waals surface area contributed by atoms with E-state index in [1.807, 2.05) is 0 Å². The Morgan fingerprint density at radius 3 is 2.11 bits per heavy atom. The van der Waals surface area contributed by atoms with Crippen molar-refractivity contribution >= 4 is 5.97 Å². The van der Waals surface area contributed by atoms with Crippen molar-refractivity contribution in [2.24, 2.45) is 23.2 Å². The first-order valence-electron chi connectivity index (χ1n) is 7.04. The maximum Gasteiger partial charge on any atom is 0.333 e. The summed E-state index contributed by atoms with van der Waals surface area (Å²) in [7, 11) is 1.57. The second kappa shape index (κ2) is 4.37. The Labute approximate surface area is 108 Å². The van der Waals surface area contributed by atoms with Crippen molar-refractivity contribution in [3.8, 4) is 0 Å². The van der Waals surface area contributed by atoms with Gasteiger partial charge < -0.3 is 9.84 Å². The van der Waals surface area contributed by atoms with Gasteiger partial charge in [-0.25, -0.2) is 4.79 Å². The average molecular weight is 250 g/mol. The number of methoxy groups -OCH3 is 1. The van der Waals surface area contributed by atoms with Crippen LogP contribution in [0.3, 0.4) is 0 Å². The lowest BCUT2D eigenvalue weighted by Crippen LogP contribution is -2.45. The fraction of sp³-hybridized carbons (Fsp3) is 0.800. The Morgan fingerprint density at radius 1 is 1.22 bits per heavy atom. The number of carboxylic acid groups (broad SMARTS) is 1. The summed E-state index contributed by atoms with van der Waals surface area (Å²) in [4.78, 5) is 11.3. The Balaban J connectivity index is 1.86. The summed E-state index contributed by atoms with van der Waals surface area (Å²) in [6, 6.07) is 0. The number of aliphatic carboxylic acids is 1. The van der Waals surface area contributed by atoms with Crippen LogP contribution in [0.15, 0.2) is 11.6 Å². The number of ether oxygens (including phenoxy) is 1. The summed E-state index contributed by atoms with van der Waals surface area (Å²) < 4.78 is 5.03. The molecule has 0 aromatic heterocycles. The first-order chi connectivity index (χ1) is 8.60. The van der Waals surface area contributed by atoms with Crippen molar-refractivity contribution in [1.82, 2.24) is 0 Å². The molecule has 4 fully saturated rings. The first-order valence-corrected chi connectivity index (χ1v) is 7.04. The van der Waals surface area contributed by atoms with E-state index in [4.69, 9.17) is 4.74 Å². The Kier molecular flexibility index (Phi) is 2.97. The van der Waals surface area contributed by atoms with Gasteiger partial charge >= 0.3 is 5.97 Å². The van der Waals surface area contributed by atoms with Crippen LogP contribution in [0.4, 0.5) is 0 Å². The molecule has 0 unspecified atom stereocenters. The number of carbonyl (C=O) groups is 1. The van der Waals surface area contributed by atoms with E-state index in [-0.39, 0.29) is 12.0 Å². The highest BCUT2D eigenvalue weighted by Crippen LogP contribution is 2.60. The summed E-state index contributed by atoms with van der Waals surface area (Å²) in [6.45, 7) is 0.233. The summed E-state index contributed by atoms with van der Waals surface area (Å²) >= 11 is 0. The van der Waals surface area contributed by atoms with Crippen LogP contribution in [0.25, 0.3) is 0 Å². The molecule has 4 saturated carbocycles. The molecule has 18 heavy (non-hydrogen) atoms. The molecule has 0 spiro atoms. The minimum absolute atomic E-state index is 0.182. The van der Waals surface area contributed by atoms with Crippen molar-refractivity contribution in [2.75, 3.05) is 13.7 Å². The lowest BCUT2D eigenvalue weighted by atomic mass is 9.49. The summed E-state index contributed by atoms with van der Waals surface area (Å²) in [5, 5.41) is 9.26. The van der Waals surface area contributed by atoms with Gasteiger partial charge in [0.2, 0.25) is 0 Å². The quantitative estimate of drug-likeness (QED) is 0.780. The number of hydrogen-bond donors (Lipinski definition) is 1. The topological polar surface area (TPSA) is 46.5 Å². The molecule has 0 atom stereocenters. The molecular weight excluding hydrogens is 228 g/mol. The van der Waals surface area contributed by atoms with E-state index in [0.29, 0.717) is 5.57 Å². The van der Waals surface area contributed by atoms with Gasteiger partial charge in [-0.15, -0.1) is 0 Å². The average Bonchev–Trinajstić information content (AvgIpc) is 2.26. The van der Waals surface area contributed by atoms with Gasteiger partial charge in [-0.05, 0) is 61.7 Å². The minimum atomic E-state index is -0.812. The van der Waals surface area contributed by atoms with Crippen LogP contribution in [-0.2, 0) is 9.53 Å². The smallest absolute Gasteiger partial charge is 0.333 e. The molecule has 3 heteroatoms. The molecule has 1 N–H and O–H groups in total. The highest BCUT2D eigenvalue weighted by Gasteiger charge is 2.50. The van der Waals surface area contributed by atoms with Gasteiger partial charge in [-0.3, -0.25) is 0 Å². The largest absolute Gasteiger partial charge is 0.478 e. The third-order valence-corrected chi connectivity index (χ3v) is 5.14. The lowest BCUT2D eigenvalue weighted by Gasteiger charge is -2.56. The van der Waals surface area contributed by atoms with E-state index in [9.17, 15) is 9.90 Å². The van der Waals surface area contributed by atoms with E-state index in [1.165, 1.54) is 38.5 Å². The summed E-state index contributed by atoms with van der Waals surface area (Å²) in [5.41, 5.74) is 0.639. The second-order valence-corrected chi connectivity index (χ2v) is 6.69. The van der Waals surface area contributed by atoms with Crippen molar-refractivity contribution in [3.05, 3.63) is 11.6 Å². The zero-order valence-corrected chi connectivity index (χ0v) is 11.0. The van der Waals surface area contributed by atoms with Crippen molar-refractivity contribution in [3.63, 3.8) is 0 Å². The van der Waals surface area contributed by atoms with Crippen LogP contribution >= 0.6 is 0 Å². The van der Waals surface area contributed by atoms with Crippen LogP contribution in [0.2, 0.25) is 0 Å². The molecule has 100 valence electrons. The van der Waals surface area contributed by atoms with Gasteiger partial charge in [-0.1, -0.05) is 6.08 Å². The van der Waals surface area contributed by atoms with E-state index >= 15 is 0 Å². The number of hydrogen-bond acceptors (Lipinski definition) is 2. The molecule has 0 aromatic carbocycles. The normalized spacial score (nSPS) is 42.3. The SMILES string of the molecule is COC/C(=C\C12CC3CC(CC(C3)C1)C2)C(=O)O. The zero-order chi connectivity index (χ0) is 12.8. The van der Waals surface area contributed by atoms with E-state index in [0.717, 1.165) is 17.8 Å².